The molecule has 0 saturated heterocycles. The van der Waals surface area contributed by atoms with E-state index < -0.39 is 0 Å². The maximum absolute atomic E-state index is 11.9. The summed E-state index contributed by atoms with van der Waals surface area (Å²) in [5, 5.41) is 2.81. The second kappa shape index (κ2) is 8.66. The lowest BCUT2D eigenvalue weighted by Crippen LogP contribution is -2.40. The van der Waals surface area contributed by atoms with Crippen LogP contribution < -0.4 is 14.8 Å². The first kappa shape index (κ1) is 16.6. The molecule has 0 fully saturated rings. The highest BCUT2D eigenvalue weighted by Gasteiger charge is 2.12. The van der Waals surface area contributed by atoms with Gasteiger partial charge in [0.25, 0.3) is 0 Å². The van der Waals surface area contributed by atoms with Crippen molar-refractivity contribution in [3.63, 3.8) is 0 Å². The zero-order valence-electron chi connectivity index (χ0n) is 11.9. The molecule has 0 heterocycles. The molecule has 0 saturated carbocycles. The molecule has 6 heteroatoms. The van der Waals surface area contributed by atoms with Crippen LogP contribution >= 0.6 is 11.6 Å². The summed E-state index contributed by atoms with van der Waals surface area (Å²) in [5.74, 6) is 1.43. The second-order valence-corrected chi connectivity index (χ2v) is 4.55. The lowest BCUT2D eigenvalue weighted by atomic mass is 10.1. The van der Waals surface area contributed by atoms with Gasteiger partial charge in [0.15, 0.2) is 11.5 Å². The Morgan fingerprint density at radius 1 is 1.25 bits per heavy atom. The van der Waals surface area contributed by atoms with Crippen LogP contribution in [0.1, 0.15) is 5.56 Å². The van der Waals surface area contributed by atoms with Gasteiger partial charge in [-0.15, -0.1) is 11.6 Å². The highest BCUT2D eigenvalue weighted by molar-refractivity contribution is 6.18. The number of amides is 1. The normalized spacial score (nSPS) is 11.8. The fourth-order valence-electron chi connectivity index (χ4n) is 1.78. The number of halogens is 1. The minimum absolute atomic E-state index is 0.111. The average Bonchev–Trinajstić information content (AvgIpc) is 2.46. The van der Waals surface area contributed by atoms with Crippen LogP contribution in [0.4, 0.5) is 0 Å². The quantitative estimate of drug-likeness (QED) is 0.741. The first-order valence-corrected chi connectivity index (χ1v) is 6.73. The molecule has 0 aliphatic rings. The van der Waals surface area contributed by atoms with E-state index in [1.807, 2.05) is 6.07 Å². The van der Waals surface area contributed by atoms with Gasteiger partial charge in [0, 0.05) is 13.0 Å². The highest BCUT2D eigenvalue weighted by Crippen LogP contribution is 2.27. The van der Waals surface area contributed by atoms with Crippen molar-refractivity contribution in [2.24, 2.45) is 0 Å². The van der Waals surface area contributed by atoms with Gasteiger partial charge < -0.3 is 19.5 Å². The molecule has 1 unspecified atom stereocenters. The smallest absolute Gasteiger partial charge is 0.224 e. The largest absolute Gasteiger partial charge is 0.493 e. The van der Waals surface area contributed by atoms with Crippen molar-refractivity contribution in [2.45, 2.75) is 12.5 Å². The summed E-state index contributed by atoms with van der Waals surface area (Å²) in [4.78, 5) is 11.9. The molecule has 20 heavy (non-hydrogen) atoms. The molecule has 0 radical (unpaired) electrons. The standard InChI is InChI=1S/C14H20ClNO4/c1-18-9-11(8-15)16-14(17)7-10-4-5-12(19-2)13(6-10)20-3/h4-6,11H,7-9H2,1-3H3,(H,16,17). The number of alkyl halides is 1. The van der Waals surface area contributed by atoms with E-state index in [2.05, 4.69) is 5.32 Å². The maximum Gasteiger partial charge on any atom is 0.224 e. The van der Waals surface area contributed by atoms with E-state index in [0.29, 0.717) is 24.0 Å². The number of benzene rings is 1. The van der Waals surface area contributed by atoms with Gasteiger partial charge in [0.2, 0.25) is 5.91 Å². The summed E-state index contributed by atoms with van der Waals surface area (Å²) in [5.41, 5.74) is 0.839. The Bertz CT molecular complexity index is 439. The molecule has 5 nitrogen and oxygen atoms in total. The topological polar surface area (TPSA) is 56.8 Å². The van der Waals surface area contributed by atoms with E-state index in [4.69, 9.17) is 25.8 Å². The molecule has 1 aromatic carbocycles. The molecule has 0 aromatic heterocycles. The fourth-order valence-corrected chi connectivity index (χ4v) is 1.95. The summed E-state index contributed by atoms with van der Waals surface area (Å²) in [6.07, 6.45) is 0.247. The molecule has 0 aliphatic heterocycles. The molecule has 1 N–H and O–H groups in total. The van der Waals surface area contributed by atoms with Crippen molar-refractivity contribution < 1.29 is 19.0 Å². The summed E-state index contributed by atoms with van der Waals surface area (Å²) in [6, 6.07) is 5.20. The Kier molecular flexibility index (Phi) is 7.18. The van der Waals surface area contributed by atoms with Crippen LogP contribution in [-0.2, 0) is 16.0 Å². The zero-order valence-corrected chi connectivity index (χ0v) is 12.7. The molecule has 1 amide bonds. The van der Waals surface area contributed by atoms with Gasteiger partial charge in [-0.05, 0) is 17.7 Å². The van der Waals surface area contributed by atoms with Crippen LogP contribution in [0.3, 0.4) is 0 Å². The maximum atomic E-state index is 11.9. The lowest BCUT2D eigenvalue weighted by molar-refractivity contribution is -0.121. The van der Waals surface area contributed by atoms with Gasteiger partial charge in [-0.2, -0.15) is 0 Å². The summed E-state index contributed by atoms with van der Waals surface area (Å²) < 4.78 is 15.3. The second-order valence-electron chi connectivity index (χ2n) is 4.24. The molecule has 1 atom stereocenters. The van der Waals surface area contributed by atoms with Gasteiger partial charge in [-0.1, -0.05) is 6.07 Å². The Morgan fingerprint density at radius 2 is 1.95 bits per heavy atom. The fraction of sp³-hybridized carbons (Fsp3) is 0.500. The number of hydrogen-bond acceptors (Lipinski definition) is 4. The van der Waals surface area contributed by atoms with Crippen molar-refractivity contribution in [1.29, 1.82) is 0 Å². The zero-order chi connectivity index (χ0) is 15.0. The molecule has 0 bridgehead atoms. The van der Waals surface area contributed by atoms with Crippen molar-refractivity contribution in [3.05, 3.63) is 23.8 Å². The Hall–Kier alpha value is -1.46. The van der Waals surface area contributed by atoms with Crippen LogP contribution in [0.25, 0.3) is 0 Å². The van der Waals surface area contributed by atoms with Gasteiger partial charge in [-0.25, -0.2) is 0 Å². The Balaban J connectivity index is 2.66. The monoisotopic (exact) mass is 301 g/mol. The number of hydrogen-bond donors (Lipinski definition) is 1. The van der Waals surface area contributed by atoms with Crippen LogP contribution in [0.2, 0.25) is 0 Å². The van der Waals surface area contributed by atoms with Gasteiger partial charge in [0.1, 0.15) is 0 Å². The average molecular weight is 302 g/mol. The van der Waals surface area contributed by atoms with E-state index in [1.54, 1.807) is 33.5 Å². The first-order valence-electron chi connectivity index (χ1n) is 6.19. The first-order chi connectivity index (χ1) is 9.64. The molecule has 0 spiro atoms. The summed E-state index contributed by atoms with van der Waals surface area (Å²) >= 11 is 5.75. The number of carbonyl (C=O) groups excluding carboxylic acids is 1. The third-order valence-corrected chi connectivity index (χ3v) is 3.10. The van der Waals surface area contributed by atoms with Gasteiger partial charge in [0.05, 0.1) is 33.3 Å². The van der Waals surface area contributed by atoms with E-state index in [1.165, 1.54) is 0 Å². The minimum atomic E-state index is -0.186. The third-order valence-electron chi connectivity index (χ3n) is 2.73. The minimum Gasteiger partial charge on any atom is -0.493 e. The van der Waals surface area contributed by atoms with E-state index >= 15 is 0 Å². The van der Waals surface area contributed by atoms with Crippen LogP contribution in [-0.4, -0.2) is 45.8 Å². The van der Waals surface area contributed by atoms with Crippen molar-refractivity contribution in [1.82, 2.24) is 5.32 Å². The van der Waals surface area contributed by atoms with Crippen LogP contribution in [0, 0.1) is 0 Å². The van der Waals surface area contributed by atoms with Gasteiger partial charge >= 0.3 is 0 Å². The Labute approximate surface area is 124 Å². The lowest BCUT2D eigenvalue weighted by Gasteiger charge is -2.15. The summed E-state index contributed by atoms with van der Waals surface area (Å²) in [6.45, 7) is 0.390. The summed E-state index contributed by atoms with van der Waals surface area (Å²) in [7, 11) is 4.70. The molecular formula is C14H20ClNO4. The van der Waals surface area contributed by atoms with Crippen molar-refractivity contribution >= 4 is 17.5 Å². The predicted octanol–water partition coefficient (Wildman–Crippen LogP) is 1.62. The number of ether oxygens (including phenoxy) is 3. The molecule has 0 aliphatic carbocycles. The van der Waals surface area contributed by atoms with Crippen LogP contribution in [0.5, 0.6) is 11.5 Å². The molecule has 1 rings (SSSR count). The highest BCUT2D eigenvalue weighted by atomic mass is 35.5. The Morgan fingerprint density at radius 3 is 2.50 bits per heavy atom. The van der Waals surface area contributed by atoms with Crippen molar-refractivity contribution in [2.75, 3.05) is 33.8 Å². The number of methoxy groups -OCH3 is 3. The van der Waals surface area contributed by atoms with E-state index in [-0.39, 0.29) is 18.4 Å². The molecular weight excluding hydrogens is 282 g/mol. The van der Waals surface area contributed by atoms with E-state index in [0.717, 1.165) is 5.56 Å². The van der Waals surface area contributed by atoms with Gasteiger partial charge in [-0.3, -0.25) is 4.79 Å². The number of rotatable bonds is 8. The number of nitrogens with one attached hydrogen (secondary N) is 1. The predicted molar refractivity (Wildman–Crippen MR) is 77.8 cm³/mol. The van der Waals surface area contributed by atoms with Crippen molar-refractivity contribution in [3.8, 4) is 11.5 Å². The molecule has 112 valence electrons. The number of carbonyl (C=O) groups is 1. The van der Waals surface area contributed by atoms with Crippen LogP contribution in [0.15, 0.2) is 18.2 Å². The van der Waals surface area contributed by atoms with E-state index in [9.17, 15) is 4.79 Å². The third kappa shape index (κ3) is 4.90. The molecule has 1 aromatic rings. The SMILES string of the molecule is COCC(CCl)NC(=O)Cc1ccc(OC)c(OC)c1.